The predicted molar refractivity (Wildman–Crippen MR) is 238 cm³/mol. The Morgan fingerprint density at radius 1 is 0.364 bits per heavy atom. The summed E-state index contributed by atoms with van der Waals surface area (Å²) in [7, 11) is 0. The molecule has 55 heavy (non-hydrogen) atoms. The number of para-hydroxylation sites is 1. The molecule has 0 radical (unpaired) electrons. The molecular formula is C52H49N3. The Morgan fingerprint density at radius 2 is 0.727 bits per heavy atom. The first-order valence-corrected chi connectivity index (χ1v) is 19.5. The number of anilines is 6. The van der Waals surface area contributed by atoms with Crippen molar-refractivity contribution in [2.45, 2.75) is 69.2 Å². The molecule has 0 N–H and O–H groups in total. The van der Waals surface area contributed by atoms with E-state index in [4.69, 9.17) is 0 Å². The van der Waals surface area contributed by atoms with Crippen molar-refractivity contribution in [3.8, 4) is 0 Å². The quantitative estimate of drug-likeness (QED) is 0.170. The van der Waals surface area contributed by atoms with Crippen molar-refractivity contribution in [1.29, 1.82) is 0 Å². The summed E-state index contributed by atoms with van der Waals surface area (Å²) in [5.74, 6) is 0. The molecule has 0 saturated heterocycles. The van der Waals surface area contributed by atoms with E-state index in [1.165, 1.54) is 122 Å². The molecule has 0 bridgehead atoms. The lowest BCUT2D eigenvalue weighted by atomic mass is 9.99. The SMILES string of the molecule is Cc1cccc(N(c2cc(C)c(C)c(C)c2)c2cccc3c2c2cccc4c5c(N(c6cc(C)c(C)c(C)c6)c6cc(C)c(C)c(C)c6)cccc5n3c24)c1. The van der Waals surface area contributed by atoms with Crippen LogP contribution in [0, 0.1) is 69.2 Å². The van der Waals surface area contributed by atoms with Crippen molar-refractivity contribution in [3.63, 3.8) is 0 Å². The van der Waals surface area contributed by atoms with E-state index in [9.17, 15) is 0 Å². The Bertz CT molecular complexity index is 2870. The molecule has 0 aliphatic carbocycles. The van der Waals surface area contributed by atoms with Gasteiger partial charge in [0.15, 0.2) is 0 Å². The van der Waals surface area contributed by atoms with Crippen LogP contribution < -0.4 is 9.80 Å². The molecule has 9 rings (SSSR count). The summed E-state index contributed by atoms with van der Waals surface area (Å²) in [6.07, 6.45) is 0. The first kappa shape index (κ1) is 34.7. The van der Waals surface area contributed by atoms with Gasteiger partial charge in [-0.05, 0) is 198 Å². The number of fused-ring (bicyclic) bond motifs is 6. The average molecular weight is 716 g/mol. The Labute approximate surface area is 325 Å². The Kier molecular flexibility index (Phi) is 8.06. The Morgan fingerprint density at radius 3 is 1.13 bits per heavy atom. The molecule has 272 valence electrons. The van der Waals surface area contributed by atoms with Gasteiger partial charge in [-0.2, -0.15) is 0 Å². The summed E-state index contributed by atoms with van der Waals surface area (Å²) in [6, 6.07) is 43.7. The average Bonchev–Trinajstić information content (AvgIpc) is 3.69. The summed E-state index contributed by atoms with van der Waals surface area (Å²) >= 11 is 0. The zero-order valence-electron chi connectivity index (χ0n) is 33.8. The van der Waals surface area contributed by atoms with E-state index in [2.05, 4.69) is 199 Å². The third-order valence-corrected chi connectivity index (χ3v) is 12.6. The fraction of sp³-hybridized carbons (Fsp3) is 0.192. The number of rotatable bonds is 6. The minimum Gasteiger partial charge on any atom is -0.310 e. The van der Waals surface area contributed by atoms with Crippen LogP contribution in [0.4, 0.5) is 34.1 Å². The fourth-order valence-electron chi connectivity index (χ4n) is 8.96. The molecule has 0 aliphatic heterocycles. The second-order valence-corrected chi connectivity index (χ2v) is 16.0. The second-order valence-electron chi connectivity index (χ2n) is 16.0. The standard InChI is InChI=1S/C52H49N3/c1-30-15-11-16-40(23-30)53(41-24-31(2)37(8)32(3)25-41)46-19-13-21-48-50(46)44-17-12-18-45-51-47(20-14-22-49(51)55(48)52(44)45)54(42-26-33(4)38(9)34(5)27-42)43-28-35(6)39(10)36(7)29-43/h11-29H,1-10H3. The van der Waals surface area contributed by atoms with E-state index < -0.39 is 0 Å². The minimum atomic E-state index is 1.16. The maximum atomic E-state index is 2.53. The van der Waals surface area contributed by atoms with E-state index in [1.807, 2.05) is 0 Å². The Hall–Kier alpha value is -6.06. The molecule has 0 saturated carbocycles. The number of nitrogens with zero attached hydrogens (tertiary/aromatic N) is 3. The lowest BCUT2D eigenvalue weighted by molar-refractivity contribution is 1.20. The van der Waals surface area contributed by atoms with Gasteiger partial charge in [0.05, 0.1) is 27.9 Å². The van der Waals surface area contributed by atoms with Crippen LogP contribution in [0.2, 0.25) is 0 Å². The summed E-state index contributed by atoms with van der Waals surface area (Å²) in [5, 5.41) is 5.06. The lowest BCUT2D eigenvalue weighted by Crippen LogP contribution is -2.12. The molecule has 0 spiro atoms. The third-order valence-electron chi connectivity index (χ3n) is 12.6. The molecule has 0 aliphatic rings. The van der Waals surface area contributed by atoms with Crippen LogP contribution in [0.25, 0.3) is 38.1 Å². The maximum Gasteiger partial charge on any atom is 0.0622 e. The van der Waals surface area contributed by atoms with Crippen LogP contribution in [0.15, 0.2) is 115 Å². The van der Waals surface area contributed by atoms with Gasteiger partial charge in [-0.15, -0.1) is 0 Å². The van der Waals surface area contributed by atoms with Crippen molar-refractivity contribution in [3.05, 3.63) is 171 Å². The van der Waals surface area contributed by atoms with Gasteiger partial charge in [0.2, 0.25) is 0 Å². The molecule has 3 heteroatoms. The molecule has 0 fully saturated rings. The highest BCUT2D eigenvalue weighted by Crippen LogP contribution is 2.50. The molecule has 2 aromatic heterocycles. The maximum absolute atomic E-state index is 2.53. The van der Waals surface area contributed by atoms with Crippen molar-refractivity contribution in [2.75, 3.05) is 9.80 Å². The second kappa shape index (κ2) is 12.8. The molecule has 7 aromatic carbocycles. The first-order valence-electron chi connectivity index (χ1n) is 19.5. The number of aromatic nitrogens is 1. The van der Waals surface area contributed by atoms with Crippen LogP contribution in [-0.2, 0) is 0 Å². The topological polar surface area (TPSA) is 10.9 Å². The summed E-state index contributed by atoms with van der Waals surface area (Å²) in [5.41, 5.74) is 23.9. The highest BCUT2D eigenvalue weighted by molar-refractivity contribution is 6.28. The summed E-state index contributed by atoms with van der Waals surface area (Å²) < 4.78 is 2.53. The van der Waals surface area contributed by atoms with Crippen LogP contribution in [0.1, 0.15) is 55.6 Å². The molecule has 0 unspecified atom stereocenters. The first-order chi connectivity index (χ1) is 26.4. The van der Waals surface area contributed by atoms with Gasteiger partial charge >= 0.3 is 0 Å². The van der Waals surface area contributed by atoms with Crippen LogP contribution in [0.5, 0.6) is 0 Å². The molecular weight excluding hydrogens is 667 g/mol. The van der Waals surface area contributed by atoms with Crippen LogP contribution >= 0.6 is 0 Å². The highest BCUT2D eigenvalue weighted by atomic mass is 15.2. The van der Waals surface area contributed by atoms with Crippen molar-refractivity contribution < 1.29 is 0 Å². The van der Waals surface area contributed by atoms with Gasteiger partial charge in [-0.25, -0.2) is 0 Å². The normalized spacial score (nSPS) is 11.8. The number of benzene rings is 7. The zero-order valence-corrected chi connectivity index (χ0v) is 33.8. The van der Waals surface area contributed by atoms with E-state index >= 15 is 0 Å². The molecule has 0 atom stereocenters. The smallest absolute Gasteiger partial charge is 0.0622 e. The van der Waals surface area contributed by atoms with Gasteiger partial charge in [-0.3, -0.25) is 0 Å². The van der Waals surface area contributed by atoms with Gasteiger partial charge in [-0.1, -0.05) is 42.5 Å². The summed E-state index contributed by atoms with van der Waals surface area (Å²) in [4.78, 5) is 4.97. The number of hydrogen-bond donors (Lipinski definition) is 0. The monoisotopic (exact) mass is 715 g/mol. The lowest BCUT2D eigenvalue weighted by Gasteiger charge is -2.29. The highest BCUT2D eigenvalue weighted by Gasteiger charge is 2.26. The van der Waals surface area contributed by atoms with E-state index in [1.54, 1.807) is 0 Å². The molecule has 3 nitrogen and oxygen atoms in total. The summed E-state index contributed by atoms with van der Waals surface area (Å²) in [6.45, 7) is 22.3. The molecule has 0 amide bonds. The van der Waals surface area contributed by atoms with Gasteiger partial charge < -0.3 is 14.2 Å². The zero-order chi connectivity index (χ0) is 38.4. The predicted octanol–water partition coefficient (Wildman–Crippen LogP) is 14.9. The largest absolute Gasteiger partial charge is 0.310 e. The number of aryl methyl sites for hydroxylation is 7. The molecule has 2 heterocycles. The fourth-order valence-corrected chi connectivity index (χ4v) is 8.96. The third kappa shape index (κ3) is 5.32. The van der Waals surface area contributed by atoms with Gasteiger partial charge in [0.1, 0.15) is 0 Å². The van der Waals surface area contributed by atoms with Crippen molar-refractivity contribution in [2.24, 2.45) is 0 Å². The van der Waals surface area contributed by atoms with E-state index in [-0.39, 0.29) is 0 Å². The van der Waals surface area contributed by atoms with Gasteiger partial charge in [0, 0.05) is 44.3 Å². The van der Waals surface area contributed by atoms with Crippen molar-refractivity contribution in [1.82, 2.24) is 4.40 Å². The van der Waals surface area contributed by atoms with Crippen LogP contribution in [-0.4, -0.2) is 4.40 Å². The van der Waals surface area contributed by atoms with E-state index in [0.29, 0.717) is 0 Å². The number of hydrogen-bond acceptors (Lipinski definition) is 2. The van der Waals surface area contributed by atoms with E-state index in [0.717, 1.165) is 5.69 Å². The minimum absolute atomic E-state index is 1.16. The van der Waals surface area contributed by atoms with Crippen LogP contribution in [0.3, 0.4) is 0 Å². The Balaban J connectivity index is 1.37. The molecule has 9 aromatic rings. The van der Waals surface area contributed by atoms with Gasteiger partial charge in [0.25, 0.3) is 0 Å². The van der Waals surface area contributed by atoms with Crippen molar-refractivity contribution >= 4 is 72.2 Å².